The molecule has 0 N–H and O–H groups in total. The smallest absolute Gasteiger partial charge is 0.387 e. The normalized spacial score (nSPS) is 11.8. The molecule has 26 heavy (non-hydrogen) atoms. The number of rotatable bonds is 7. The van der Waals surface area contributed by atoms with Gasteiger partial charge in [-0.15, -0.1) is 0 Å². The summed E-state index contributed by atoms with van der Waals surface area (Å²) < 4.78 is 56.4. The van der Waals surface area contributed by atoms with Gasteiger partial charge in [-0.25, -0.2) is 4.98 Å². The van der Waals surface area contributed by atoms with Crippen molar-refractivity contribution in [3.63, 3.8) is 0 Å². The molecule has 0 atom stereocenters. The van der Waals surface area contributed by atoms with Crippen LogP contribution in [0.5, 0.6) is 5.75 Å². The van der Waals surface area contributed by atoms with Crippen LogP contribution in [0.1, 0.15) is 17.9 Å². The number of aromatic nitrogens is 2. The van der Waals surface area contributed by atoms with E-state index in [-0.39, 0.29) is 18.1 Å². The van der Waals surface area contributed by atoms with Gasteiger partial charge in [0.1, 0.15) is 11.6 Å². The third kappa shape index (κ3) is 4.13. The van der Waals surface area contributed by atoms with Crippen molar-refractivity contribution in [2.45, 2.75) is 26.3 Å². The van der Waals surface area contributed by atoms with E-state index in [1.807, 2.05) is 4.90 Å². The third-order valence-electron chi connectivity index (χ3n) is 3.88. The van der Waals surface area contributed by atoms with E-state index in [0.717, 1.165) is 10.1 Å². The summed E-state index contributed by atoms with van der Waals surface area (Å²) in [7, 11) is 1.78. The fourth-order valence-corrected chi connectivity index (χ4v) is 2.81. The van der Waals surface area contributed by atoms with Crippen molar-refractivity contribution in [1.82, 2.24) is 14.5 Å². The number of ether oxygens (including phenoxy) is 1. The van der Waals surface area contributed by atoms with E-state index in [2.05, 4.69) is 9.72 Å². The van der Waals surface area contributed by atoms with Crippen LogP contribution in [-0.4, -0.2) is 28.1 Å². The van der Waals surface area contributed by atoms with E-state index in [1.165, 1.54) is 12.1 Å². The van der Waals surface area contributed by atoms with Crippen molar-refractivity contribution in [2.24, 2.45) is 0 Å². The Morgan fingerprint density at radius 2 is 1.69 bits per heavy atom. The number of halogens is 4. The molecule has 4 nitrogen and oxygen atoms in total. The first kappa shape index (κ1) is 18.2. The zero-order chi connectivity index (χ0) is 18.7. The van der Waals surface area contributed by atoms with Crippen LogP contribution in [0.25, 0.3) is 11.0 Å². The highest BCUT2D eigenvalue weighted by atomic mass is 19.3. The number of hydrogen-bond acceptors (Lipinski definition) is 3. The summed E-state index contributed by atoms with van der Waals surface area (Å²) in [4.78, 5) is 6.12. The average Bonchev–Trinajstić information content (AvgIpc) is 2.93. The molecule has 1 heterocycles. The Morgan fingerprint density at radius 1 is 1.00 bits per heavy atom. The number of nitrogens with zero attached hydrogens (tertiary/aromatic N) is 3. The van der Waals surface area contributed by atoms with Gasteiger partial charge in [-0.05, 0) is 36.9 Å². The average molecular weight is 367 g/mol. The van der Waals surface area contributed by atoms with Gasteiger partial charge >= 0.3 is 13.2 Å². The Balaban J connectivity index is 1.73. The van der Waals surface area contributed by atoms with Crippen molar-refractivity contribution in [3.05, 3.63) is 59.9 Å². The number of fused-ring (bicyclic) bond motifs is 1. The Morgan fingerprint density at radius 3 is 2.35 bits per heavy atom. The summed E-state index contributed by atoms with van der Waals surface area (Å²) in [5.41, 5.74) is 1.75. The Bertz CT molecular complexity index is 865. The van der Waals surface area contributed by atoms with Crippen LogP contribution in [0, 0.1) is 0 Å². The van der Waals surface area contributed by atoms with Crippen molar-refractivity contribution in [1.29, 1.82) is 0 Å². The maximum Gasteiger partial charge on any atom is 0.387 e. The second kappa shape index (κ2) is 7.74. The van der Waals surface area contributed by atoms with Crippen molar-refractivity contribution in [2.75, 3.05) is 7.05 Å². The van der Waals surface area contributed by atoms with E-state index in [1.54, 1.807) is 43.4 Å². The standard InChI is InChI=1S/C18H17F4N3O/c1-24(10-12-6-8-13(9-7-12)26-18(21)22)11-16-23-14-4-2-3-5-15(14)25(16)17(19)20/h2-9,17-18H,10-11H2,1H3. The second-order valence-corrected chi connectivity index (χ2v) is 5.86. The number of hydrogen-bond donors (Lipinski definition) is 0. The third-order valence-corrected chi connectivity index (χ3v) is 3.88. The maximum atomic E-state index is 13.4. The molecule has 138 valence electrons. The van der Waals surface area contributed by atoms with Gasteiger partial charge in [0.25, 0.3) is 0 Å². The van der Waals surface area contributed by atoms with E-state index < -0.39 is 13.2 Å². The SMILES string of the molecule is CN(Cc1ccc(OC(F)F)cc1)Cc1nc2ccccc2n1C(F)F. The number of alkyl halides is 4. The summed E-state index contributed by atoms with van der Waals surface area (Å²) in [5.74, 6) is 0.340. The van der Waals surface area contributed by atoms with Crippen LogP contribution in [0.4, 0.5) is 17.6 Å². The first-order valence-corrected chi connectivity index (χ1v) is 7.90. The lowest BCUT2D eigenvalue weighted by Gasteiger charge is -2.17. The highest BCUT2D eigenvalue weighted by Crippen LogP contribution is 2.24. The van der Waals surface area contributed by atoms with Gasteiger partial charge in [-0.2, -0.15) is 17.6 Å². The molecule has 0 saturated heterocycles. The highest BCUT2D eigenvalue weighted by Gasteiger charge is 2.18. The highest BCUT2D eigenvalue weighted by molar-refractivity contribution is 5.75. The molecule has 0 fully saturated rings. The van der Waals surface area contributed by atoms with Gasteiger partial charge in [-0.1, -0.05) is 24.3 Å². The largest absolute Gasteiger partial charge is 0.435 e. The van der Waals surface area contributed by atoms with Gasteiger partial charge in [0, 0.05) is 6.54 Å². The van der Waals surface area contributed by atoms with Crippen LogP contribution in [0.2, 0.25) is 0 Å². The van der Waals surface area contributed by atoms with E-state index in [4.69, 9.17) is 0 Å². The van der Waals surface area contributed by atoms with Gasteiger partial charge in [0.15, 0.2) is 0 Å². The molecule has 0 bridgehead atoms. The molecule has 3 rings (SSSR count). The first-order valence-electron chi connectivity index (χ1n) is 7.90. The fraction of sp³-hybridized carbons (Fsp3) is 0.278. The maximum absolute atomic E-state index is 13.4. The lowest BCUT2D eigenvalue weighted by molar-refractivity contribution is -0.0498. The number of para-hydroxylation sites is 2. The van der Waals surface area contributed by atoms with Crippen LogP contribution < -0.4 is 4.74 Å². The topological polar surface area (TPSA) is 30.3 Å². The second-order valence-electron chi connectivity index (χ2n) is 5.86. The fourth-order valence-electron chi connectivity index (χ4n) is 2.81. The van der Waals surface area contributed by atoms with E-state index in [9.17, 15) is 17.6 Å². The lowest BCUT2D eigenvalue weighted by atomic mass is 10.2. The molecule has 3 aromatic rings. The van der Waals surface area contributed by atoms with Crippen LogP contribution >= 0.6 is 0 Å². The molecule has 0 aliphatic heterocycles. The predicted octanol–water partition coefficient (Wildman–Crippen LogP) is 4.66. The molecule has 0 aliphatic rings. The Labute approximate surface area is 147 Å². The van der Waals surface area contributed by atoms with Gasteiger partial charge in [0.05, 0.1) is 17.6 Å². The number of imidazole rings is 1. The molecule has 8 heteroatoms. The summed E-state index contributed by atoms with van der Waals surface area (Å²) in [6.07, 6.45) is 0. The summed E-state index contributed by atoms with van der Waals surface area (Å²) in [6.45, 7) is -4.89. The van der Waals surface area contributed by atoms with Crippen molar-refractivity contribution < 1.29 is 22.3 Å². The molecule has 0 unspecified atom stereocenters. The van der Waals surface area contributed by atoms with Crippen LogP contribution in [-0.2, 0) is 13.1 Å². The first-order chi connectivity index (χ1) is 12.4. The predicted molar refractivity (Wildman–Crippen MR) is 89.2 cm³/mol. The molecule has 0 amide bonds. The molecule has 0 aliphatic carbocycles. The Hall–Kier alpha value is -2.61. The lowest BCUT2D eigenvalue weighted by Crippen LogP contribution is -2.20. The summed E-state index contributed by atoms with van der Waals surface area (Å²) in [6, 6.07) is 13.0. The molecule has 0 radical (unpaired) electrons. The zero-order valence-corrected chi connectivity index (χ0v) is 13.9. The van der Waals surface area contributed by atoms with E-state index >= 15 is 0 Å². The van der Waals surface area contributed by atoms with Gasteiger partial charge in [-0.3, -0.25) is 9.47 Å². The molecule has 2 aromatic carbocycles. The molecule has 0 saturated carbocycles. The molecule has 1 aromatic heterocycles. The van der Waals surface area contributed by atoms with Gasteiger partial charge in [0.2, 0.25) is 0 Å². The van der Waals surface area contributed by atoms with Crippen molar-refractivity contribution >= 4 is 11.0 Å². The van der Waals surface area contributed by atoms with Gasteiger partial charge < -0.3 is 4.74 Å². The van der Waals surface area contributed by atoms with Crippen LogP contribution in [0.15, 0.2) is 48.5 Å². The molecular weight excluding hydrogens is 350 g/mol. The summed E-state index contributed by atoms with van der Waals surface area (Å²) in [5, 5.41) is 0. The molecular formula is C18H17F4N3O. The minimum Gasteiger partial charge on any atom is -0.435 e. The minimum absolute atomic E-state index is 0.0749. The number of benzene rings is 2. The van der Waals surface area contributed by atoms with E-state index in [0.29, 0.717) is 17.6 Å². The molecule has 0 spiro atoms. The minimum atomic E-state index is -2.87. The van der Waals surface area contributed by atoms with Crippen LogP contribution in [0.3, 0.4) is 0 Å². The monoisotopic (exact) mass is 367 g/mol. The zero-order valence-electron chi connectivity index (χ0n) is 13.9. The Kier molecular flexibility index (Phi) is 5.41. The van der Waals surface area contributed by atoms with Crippen molar-refractivity contribution in [3.8, 4) is 5.75 Å². The summed E-state index contributed by atoms with van der Waals surface area (Å²) >= 11 is 0. The quantitative estimate of drug-likeness (QED) is 0.569.